The van der Waals surface area contributed by atoms with Crippen molar-refractivity contribution < 1.29 is 4.79 Å². The first kappa shape index (κ1) is 11.7. The minimum Gasteiger partial charge on any atom is -0.383 e. The lowest BCUT2D eigenvalue weighted by molar-refractivity contribution is 0.0974. The van der Waals surface area contributed by atoms with Gasteiger partial charge < -0.3 is 11.5 Å². The first-order valence-corrected chi connectivity index (χ1v) is 5.05. The Bertz CT molecular complexity index is 363. The fraction of sp³-hybridized carbons (Fsp3) is 0.455. The average molecular weight is 207 g/mol. The van der Waals surface area contributed by atoms with Gasteiger partial charge in [0.15, 0.2) is 5.78 Å². The highest BCUT2D eigenvalue weighted by atomic mass is 16.1. The molecular weight excluding hydrogens is 190 g/mol. The molecule has 1 aromatic rings. The van der Waals surface area contributed by atoms with Crippen LogP contribution in [0.2, 0.25) is 0 Å². The predicted octanol–water partition coefficient (Wildman–Crippen LogP) is 1.28. The molecule has 0 aliphatic heterocycles. The maximum Gasteiger partial charge on any atom is 0.168 e. The Hall–Kier alpha value is -1.42. The number of hydrogen-bond acceptors (Lipinski definition) is 4. The molecule has 15 heavy (non-hydrogen) atoms. The van der Waals surface area contributed by atoms with E-state index in [1.807, 2.05) is 13.8 Å². The monoisotopic (exact) mass is 207 g/mol. The van der Waals surface area contributed by atoms with Gasteiger partial charge in [-0.1, -0.05) is 6.92 Å². The molecule has 4 N–H and O–H groups in total. The quantitative estimate of drug-likeness (QED) is 0.729. The van der Waals surface area contributed by atoms with Crippen molar-refractivity contribution in [2.45, 2.75) is 32.7 Å². The number of pyridine rings is 1. The Balaban J connectivity index is 2.86. The molecule has 0 saturated heterocycles. The zero-order chi connectivity index (χ0) is 11.4. The number of nitrogen functional groups attached to an aromatic ring is 1. The van der Waals surface area contributed by atoms with Gasteiger partial charge in [0.2, 0.25) is 0 Å². The standard InChI is InChI=1S/C11H17N3O/c1-3-8(12)5-10(15)9-4-7(2)6-14-11(9)13/h4,6,8H,3,5,12H2,1-2H3,(H2,13,14). The lowest BCUT2D eigenvalue weighted by Gasteiger charge is -2.09. The van der Waals surface area contributed by atoms with Crippen molar-refractivity contribution in [3.63, 3.8) is 0 Å². The van der Waals surface area contributed by atoms with Crippen molar-refractivity contribution >= 4 is 11.6 Å². The van der Waals surface area contributed by atoms with Gasteiger partial charge in [0.05, 0.1) is 5.56 Å². The number of nitrogens with two attached hydrogens (primary N) is 2. The smallest absolute Gasteiger partial charge is 0.168 e. The summed E-state index contributed by atoms with van der Waals surface area (Å²) in [6.07, 6.45) is 2.75. The summed E-state index contributed by atoms with van der Waals surface area (Å²) >= 11 is 0. The molecule has 0 aliphatic carbocycles. The molecule has 0 radical (unpaired) electrons. The van der Waals surface area contributed by atoms with Crippen molar-refractivity contribution in [2.75, 3.05) is 5.73 Å². The first-order chi connectivity index (χ1) is 7.04. The van der Waals surface area contributed by atoms with Gasteiger partial charge in [-0.05, 0) is 25.0 Å². The normalized spacial score (nSPS) is 12.5. The number of aryl methyl sites for hydroxylation is 1. The Morgan fingerprint density at radius 1 is 1.60 bits per heavy atom. The van der Waals surface area contributed by atoms with Crippen LogP contribution in [-0.2, 0) is 0 Å². The third-order valence-corrected chi connectivity index (χ3v) is 2.33. The second-order valence-corrected chi connectivity index (χ2v) is 3.74. The minimum atomic E-state index is -0.0996. The highest BCUT2D eigenvalue weighted by Crippen LogP contribution is 2.13. The number of ketones is 1. The predicted molar refractivity (Wildman–Crippen MR) is 60.6 cm³/mol. The summed E-state index contributed by atoms with van der Waals surface area (Å²) < 4.78 is 0. The Morgan fingerprint density at radius 3 is 2.87 bits per heavy atom. The molecule has 0 fully saturated rings. The van der Waals surface area contributed by atoms with Gasteiger partial charge in [-0.3, -0.25) is 4.79 Å². The molecule has 1 aromatic heterocycles. The van der Waals surface area contributed by atoms with Crippen molar-refractivity contribution in [1.82, 2.24) is 4.98 Å². The molecule has 0 saturated carbocycles. The van der Waals surface area contributed by atoms with E-state index in [1.165, 1.54) is 0 Å². The molecule has 4 nitrogen and oxygen atoms in total. The Morgan fingerprint density at radius 2 is 2.27 bits per heavy atom. The molecule has 4 heteroatoms. The summed E-state index contributed by atoms with van der Waals surface area (Å²) in [5, 5.41) is 0. The average Bonchev–Trinajstić information content (AvgIpc) is 2.21. The molecule has 0 bridgehead atoms. The van der Waals surface area contributed by atoms with Crippen LogP contribution in [0.3, 0.4) is 0 Å². The van der Waals surface area contributed by atoms with Gasteiger partial charge in [-0.25, -0.2) is 4.98 Å². The maximum absolute atomic E-state index is 11.8. The summed E-state index contributed by atoms with van der Waals surface area (Å²) in [7, 11) is 0. The molecule has 1 atom stereocenters. The third kappa shape index (κ3) is 3.02. The van der Waals surface area contributed by atoms with Crippen LogP contribution in [0.15, 0.2) is 12.3 Å². The number of nitrogens with zero attached hydrogens (tertiary/aromatic N) is 1. The number of aromatic nitrogens is 1. The zero-order valence-corrected chi connectivity index (χ0v) is 9.16. The van der Waals surface area contributed by atoms with E-state index in [0.29, 0.717) is 12.0 Å². The highest BCUT2D eigenvalue weighted by molar-refractivity contribution is 6.00. The summed E-state index contributed by atoms with van der Waals surface area (Å²) in [5.41, 5.74) is 12.8. The van der Waals surface area contributed by atoms with E-state index in [1.54, 1.807) is 12.3 Å². The molecule has 0 spiro atoms. The Kier molecular flexibility index (Phi) is 3.80. The summed E-state index contributed by atoms with van der Waals surface area (Å²) in [4.78, 5) is 15.7. The number of carbonyl (C=O) groups is 1. The SMILES string of the molecule is CCC(N)CC(=O)c1cc(C)cnc1N. The topological polar surface area (TPSA) is 82.0 Å². The molecule has 82 valence electrons. The number of Topliss-reactive ketones (excluding diaryl/α,β-unsaturated/α-hetero) is 1. The van der Waals surface area contributed by atoms with Gasteiger partial charge in [0.25, 0.3) is 0 Å². The van der Waals surface area contributed by atoms with Gasteiger partial charge in [-0.15, -0.1) is 0 Å². The van der Waals surface area contributed by atoms with Crippen LogP contribution >= 0.6 is 0 Å². The highest BCUT2D eigenvalue weighted by Gasteiger charge is 2.13. The zero-order valence-electron chi connectivity index (χ0n) is 9.16. The Labute approximate surface area is 89.7 Å². The summed E-state index contributed by atoms with van der Waals surface area (Å²) in [5.74, 6) is 0.256. The second kappa shape index (κ2) is 4.89. The minimum absolute atomic E-state index is 0.0296. The van der Waals surface area contributed by atoms with Crippen molar-refractivity contribution in [3.8, 4) is 0 Å². The fourth-order valence-electron chi connectivity index (χ4n) is 1.30. The van der Waals surface area contributed by atoms with Crippen LogP contribution in [0.25, 0.3) is 0 Å². The van der Waals surface area contributed by atoms with Crippen LogP contribution in [0, 0.1) is 6.92 Å². The van der Waals surface area contributed by atoms with E-state index in [4.69, 9.17) is 11.5 Å². The van der Waals surface area contributed by atoms with Crippen LogP contribution < -0.4 is 11.5 Å². The van der Waals surface area contributed by atoms with Gasteiger partial charge in [-0.2, -0.15) is 0 Å². The largest absolute Gasteiger partial charge is 0.383 e. The molecule has 0 amide bonds. The van der Waals surface area contributed by atoms with Crippen molar-refractivity contribution in [1.29, 1.82) is 0 Å². The number of rotatable bonds is 4. The molecule has 0 aromatic carbocycles. The lowest BCUT2D eigenvalue weighted by atomic mass is 10.0. The van der Waals surface area contributed by atoms with E-state index in [-0.39, 0.29) is 17.6 Å². The van der Waals surface area contributed by atoms with E-state index in [0.717, 1.165) is 12.0 Å². The number of hydrogen-bond donors (Lipinski definition) is 2. The van der Waals surface area contributed by atoms with Gasteiger partial charge in [0, 0.05) is 18.7 Å². The van der Waals surface area contributed by atoms with E-state index >= 15 is 0 Å². The van der Waals surface area contributed by atoms with Crippen LogP contribution in [0.4, 0.5) is 5.82 Å². The molecule has 1 rings (SSSR count). The fourth-order valence-corrected chi connectivity index (χ4v) is 1.30. The first-order valence-electron chi connectivity index (χ1n) is 5.05. The molecule has 1 unspecified atom stereocenters. The number of carbonyl (C=O) groups excluding carboxylic acids is 1. The van der Waals surface area contributed by atoms with Gasteiger partial charge >= 0.3 is 0 Å². The van der Waals surface area contributed by atoms with Crippen molar-refractivity contribution in [2.24, 2.45) is 5.73 Å². The van der Waals surface area contributed by atoms with Crippen LogP contribution in [0.5, 0.6) is 0 Å². The molecule has 1 heterocycles. The summed E-state index contributed by atoms with van der Waals surface area (Å²) in [6, 6.07) is 1.66. The van der Waals surface area contributed by atoms with E-state index in [2.05, 4.69) is 4.98 Å². The third-order valence-electron chi connectivity index (χ3n) is 2.33. The van der Waals surface area contributed by atoms with Crippen LogP contribution in [0.1, 0.15) is 35.7 Å². The van der Waals surface area contributed by atoms with Crippen LogP contribution in [-0.4, -0.2) is 16.8 Å². The van der Waals surface area contributed by atoms with E-state index < -0.39 is 0 Å². The molecule has 0 aliphatic rings. The van der Waals surface area contributed by atoms with Gasteiger partial charge in [0.1, 0.15) is 5.82 Å². The maximum atomic E-state index is 11.8. The van der Waals surface area contributed by atoms with Crippen molar-refractivity contribution in [3.05, 3.63) is 23.4 Å². The van der Waals surface area contributed by atoms with E-state index in [9.17, 15) is 4.79 Å². The lowest BCUT2D eigenvalue weighted by Crippen LogP contribution is -2.23. The summed E-state index contributed by atoms with van der Waals surface area (Å²) in [6.45, 7) is 3.83. The number of anilines is 1. The molecular formula is C11H17N3O. The second-order valence-electron chi connectivity index (χ2n) is 3.74.